The number of aromatic nitrogens is 2. The number of rotatable bonds is 7. The van der Waals surface area contributed by atoms with Crippen LogP contribution in [0.1, 0.15) is 48.2 Å². The summed E-state index contributed by atoms with van der Waals surface area (Å²) in [6.45, 7) is 7.92. The molecule has 0 spiro atoms. The largest absolute Gasteiger partial charge is 0.497 e. The Bertz CT molecular complexity index is 2180. The minimum Gasteiger partial charge on any atom is -0.497 e. The molecule has 0 amide bonds. The van der Waals surface area contributed by atoms with Crippen molar-refractivity contribution in [1.29, 1.82) is 0 Å². The lowest BCUT2D eigenvalue weighted by Gasteiger charge is -2.11. The zero-order chi connectivity index (χ0) is 34.9. The Morgan fingerprint density at radius 3 is 1.50 bits per heavy atom. The lowest BCUT2D eigenvalue weighted by atomic mass is 10.2. The zero-order valence-electron chi connectivity index (χ0n) is 29.5. The van der Waals surface area contributed by atoms with Crippen LogP contribution in [0, 0.1) is 37.5 Å². The van der Waals surface area contributed by atoms with Crippen molar-refractivity contribution < 1.29 is 14.6 Å². The predicted molar refractivity (Wildman–Crippen MR) is 205 cm³/mol. The van der Waals surface area contributed by atoms with E-state index in [0.29, 0.717) is 6.42 Å². The van der Waals surface area contributed by atoms with Gasteiger partial charge in [0.2, 0.25) is 0 Å². The molecule has 6 nitrogen and oxygen atoms in total. The van der Waals surface area contributed by atoms with Crippen molar-refractivity contribution >= 4 is 21.8 Å². The number of hydrogen-bond donors (Lipinski definition) is 1. The van der Waals surface area contributed by atoms with Crippen LogP contribution in [-0.2, 0) is 0 Å². The standard InChI is InChI=1S/C24H26N2O.C20H19NO2/c1-19-17-21-18-23(27-2)12-13-24(21)26(19)22-10-8-20(9-11-22)7-3-4-14-25-15-5-6-16-25;1-15-13-17-14-19(23-2)10-11-20(17)21(15)18-8-6-16(7-9-18)5-3-4-12-22/h8-13,17-18H,4-6,14-16H2,1-2H3;6-11,13-14,22H,4,12H2,1-2H3. The fourth-order valence-electron chi connectivity index (χ4n) is 6.60. The summed E-state index contributed by atoms with van der Waals surface area (Å²) in [5.41, 5.74) is 9.04. The first kappa shape index (κ1) is 34.5. The van der Waals surface area contributed by atoms with Gasteiger partial charge in [-0.1, -0.05) is 23.7 Å². The molecule has 4 aromatic carbocycles. The van der Waals surface area contributed by atoms with E-state index in [1.165, 1.54) is 48.2 Å². The highest BCUT2D eigenvalue weighted by molar-refractivity contribution is 5.85. The number of aliphatic hydroxyl groups excluding tert-OH is 1. The van der Waals surface area contributed by atoms with E-state index in [1.807, 2.05) is 30.3 Å². The maximum absolute atomic E-state index is 8.77. The number of methoxy groups -OCH3 is 2. The second-order valence-electron chi connectivity index (χ2n) is 12.6. The third kappa shape index (κ3) is 8.07. The van der Waals surface area contributed by atoms with E-state index < -0.39 is 0 Å². The summed E-state index contributed by atoms with van der Waals surface area (Å²) in [6, 6.07) is 33.4. The minimum absolute atomic E-state index is 0.100. The van der Waals surface area contributed by atoms with Crippen LogP contribution in [0.2, 0.25) is 0 Å². The van der Waals surface area contributed by atoms with E-state index in [1.54, 1.807) is 14.2 Å². The van der Waals surface area contributed by atoms with Crippen molar-refractivity contribution in [3.05, 3.63) is 120 Å². The molecule has 7 rings (SSSR count). The Morgan fingerprint density at radius 2 is 1.06 bits per heavy atom. The number of ether oxygens (including phenoxy) is 2. The molecule has 0 saturated carbocycles. The van der Waals surface area contributed by atoms with Gasteiger partial charge in [0.25, 0.3) is 0 Å². The second kappa shape index (κ2) is 16.3. The van der Waals surface area contributed by atoms with Gasteiger partial charge in [0.15, 0.2) is 0 Å². The Labute approximate surface area is 295 Å². The van der Waals surface area contributed by atoms with Crippen LogP contribution in [0.5, 0.6) is 11.5 Å². The summed E-state index contributed by atoms with van der Waals surface area (Å²) >= 11 is 0. The van der Waals surface area contributed by atoms with E-state index in [4.69, 9.17) is 14.6 Å². The van der Waals surface area contributed by atoms with Crippen molar-refractivity contribution in [2.45, 2.75) is 39.5 Å². The highest BCUT2D eigenvalue weighted by atomic mass is 16.5. The Morgan fingerprint density at radius 1 is 0.600 bits per heavy atom. The molecule has 3 heterocycles. The molecule has 1 N–H and O–H groups in total. The van der Waals surface area contributed by atoms with E-state index in [9.17, 15) is 0 Å². The first-order valence-electron chi connectivity index (χ1n) is 17.3. The van der Waals surface area contributed by atoms with Crippen molar-refractivity contribution in [2.75, 3.05) is 40.5 Å². The van der Waals surface area contributed by atoms with E-state index in [2.05, 4.69) is 118 Å². The van der Waals surface area contributed by atoms with Gasteiger partial charge < -0.3 is 28.6 Å². The smallest absolute Gasteiger partial charge is 0.119 e. The lowest BCUT2D eigenvalue weighted by molar-refractivity contribution is 0.305. The molecule has 50 heavy (non-hydrogen) atoms. The molecular weight excluding hydrogens is 619 g/mol. The molecule has 0 bridgehead atoms. The number of nitrogens with zero attached hydrogens (tertiary/aromatic N) is 3. The fourth-order valence-corrected chi connectivity index (χ4v) is 6.60. The van der Waals surface area contributed by atoms with Gasteiger partial charge in [-0.2, -0.15) is 0 Å². The van der Waals surface area contributed by atoms with Gasteiger partial charge in [-0.15, -0.1) is 0 Å². The molecular formula is C44H45N3O3. The Hall–Kier alpha value is -5.40. The summed E-state index contributed by atoms with van der Waals surface area (Å²) in [7, 11) is 3.39. The number of benzene rings is 4. The molecule has 6 heteroatoms. The van der Waals surface area contributed by atoms with Crippen LogP contribution in [-0.4, -0.2) is 59.6 Å². The van der Waals surface area contributed by atoms with E-state index >= 15 is 0 Å². The molecule has 6 aromatic rings. The first-order valence-corrected chi connectivity index (χ1v) is 17.3. The Balaban J connectivity index is 0.000000175. The molecule has 1 saturated heterocycles. The summed E-state index contributed by atoms with van der Waals surface area (Å²) in [6.07, 6.45) is 4.14. The lowest BCUT2D eigenvalue weighted by Crippen LogP contribution is -2.19. The molecule has 0 atom stereocenters. The molecule has 2 aromatic heterocycles. The van der Waals surface area contributed by atoms with Gasteiger partial charge in [-0.05, 0) is 137 Å². The van der Waals surface area contributed by atoms with Crippen LogP contribution in [0.15, 0.2) is 97.1 Å². The van der Waals surface area contributed by atoms with Crippen LogP contribution >= 0.6 is 0 Å². The summed E-state index contributed by atoms with van der Waals surface area (Å²) < 4.78 is 15.1. The Kier molecular flexibility index (Phi) is 11.3. The maximum Gasteiger partial charge on any atom is 0.119 e. The second-order valence-corrected chi connectivity index (χ2v) is 12.6. The summed E-state index contributed by atoms with van der Waals surface area (Å²) in [5, 5.41) is 11.1. The SMILES string of the molecule is COc1ccc2c(c1)cc(C)n2-c1ccc(C#CCCN2CCCC2)cc1.COc1ccc2c(c1)cc(C)n2-c1ccc(C#CCCO)cc1. The zero-order valence-corrected chi connectivity index (χ0v) is 29.5. The number of likely N-dealkylation sites (tertiary alicyclic amines) is 1. The van der Waals surface area contributed by atoms with Gasteiger partial charge in [0.1, 0.15) is 11.5 Å². The highest BCUT2D eigenvalue weighted by Crippen LogP contribution is 2.29. The average molecular weight is 664 g/mol. The summed E-state index contributed by atoms with van der Waals surface area (Å²) in [4.78, 5) is 2.51. The summed E-state index contributed by atoms with van der Waals surface area (Å²) in [5.74, 6) is 14.4. The average Bonchev–Trinajstić information content (AvgIpc) is 3.87. The van der Waals surface area contributed by atoms with Crippen molar-refractivity contribution in [2.24, 2.45) is 0 Å². The minimum atomic E-state index is 0.100. The molecule has 0 unspecified atom stereocenters. The quantitative estimate of drug-likeness (QED) is 0.174. The van der Waals surface area contributed by atoms with Crippen molar-refractivity contribution in [3.8, 4) is 46.6 Å². The third-order valence-electron chi connectivity index (χ3n) is 9.09. The van der Waals surface area contributed by atoms with Crippen molar-refractivity contribution in [1.82, 2.24) is 14.0 Å². The number of hydrogen-bond acceptors (Lipinski definition) is 4. The number of aliphatic hydroxyl groups is 1. The molecule has 0 aliphatic carbocycles. The van der Waals surface area contributed by atoms with Gasteiger partial charge in [0.05, 0.1) is 31.9 Å². The van der Waals surface area contributed by atoms with Crippen LogP contribution in [0.3, 0.4) is 0 Å². The third-order valence-corrected chi connectivity index (χ3v) is 9.09. The molecule has 0 radical (unpaired) electrons. The topological polar surface area (TPSA) is 51.8 Å². The maximum atomic E-state index is 8.77. The number of aryl methyl sites for hydroxylation is 2. The van der Waals surface area contributed by atoms with Crippen LogP contribution < -0.4 is 9.47 Å². The van der Waals surface area contributed by atoms with Crippen LogP contribution in [0.25, 0.3) is 33.2 Å². The molecule has 1 fully saturated rings. The van der Waals surface area contributed by atoms with E-state index in [-0.39, 0.29) is 6.61 Å². The van der Waals surface area contributed by atoms with Gasteiger partial charge in [-0.3, -0.25) is 0 Å². The van der Waals surface area contributed by atoms with Gasteiger partial charge >= 0.3 is 0 Å². The fraction of sp³-hybridized carbons (Fsp3) is 0.273. The van der Waals surface area contributed by atoms with E-state index in [0.717, 1.165) is 57.9 Å². The van der Waals surface area contributed by atoms with Crippen LogP contribution in [0.4, 0.5) is 0 Å². The highest BCUT2D eigenvalue weighted by Gasteiger charge is 2.11. The van der Waals surface area contributed by atoms with Crippen molar-refractivity contribution in [3.63, 3.8) is 0 Å². The molecule has 1 aliphatic heterocycles. The molecule has 254 valence electrons. The van der Waals surface area contributed by atoms with Gasteiger partial charge in [-0.25, -0.2) is 0 Å². The molecule has 1 aliphatic rings. The monoisotopic (exact) mass is 663 g/mol. The predicted octanol–water partition coefficient (Wildman–Crippen LogP) is 8.47. The van der Waals surface area contributed by atoms with Gasteiger partial charge in [0, 0.05) is 64.0 Å². The first-order chi connectivity index (χ1) is 24.5. The number of fused-ring (bicyclic) bond motifs is 2. The normalized spacial score (nSPS) is 12.5.